The molecule has 4 nitrogen and oxygen atoms in total. The number of hydrogen-bond donors (Lipinski definition) is 2. The Morgan fingerprint density at radius 3 is 2.42 bits per heavy atom. The summed E-state index contributed by atoms with van der Waals surface area (Å²) < 4.78 is 1.94. The molecule has 0 radical (unpaired) electrons. The first-order valence-electron chi connectivity index (χ1n) is 8.29. The molecule has 1 heterocycles. The quantitative estimate of drug-likeness (QED) is 0.806. The van der Waals surface area contributed by atoms with Crippen LogP contribution in [0.4, 0.5) is 0 Å². The van der Waals surface area contributed by atoms with Crippen LogP contribution in [0.2, 0.25) is 0 Å². The second-order valence-electron chi connectivity index (χ2n) is 7.57. The van der Waals surface area contributed by atoms with Gasteiger partial charge in [0.1, 0.15) is 0 Å². The van der Waals surface area contributed by atoms with E-state index < -0.39 is 5.60 Å². The minimum atomic E-state index is -0.698. The number of aromatic nitrogens is 2. The molecule has 1 aromatic heterocycles. The van der Waals surface area contributed by atoms with E-state index in [1.165, 1.54) is 5.56 Å². The maximum atomic E-state index is 10.3. The Morgan fingerprint density at radius 2 is 1.83 bits per heavy atom. The molecular formula is C19H29N3OS. The lowest BCUT2D eigenvalue weighted by Crippen LogP contribution is -2.39. The molecule has 0 aliphatic rings. The molecule has 2 rings (SSSR count). The van der Waals surface area contributed by atoms with Crippen molar-refractivity contribution in [2.45, 2.75) is 45.3 Å². The van der Waals surface area contributed by atoms with Gasteiger partial charge >= 0.3 is 0 Å². The lowest BCUT2D eigenvalue weighted by atomic mass is 9.89. The molecule has 5 heteroatoms. The molecule has 1 atom stereocenters. The van der Waals surface area contributed by atoms with E-state index in [4.69, 9.17) is 5.10 Å². The van der Waals surface area contributed by atoms with Gasteiger partial charge in [0.15, 0.2) is 0 Å². The summed E-state index contributed by atoms with van der Waals surface area (Å²) in [6.45, 7) is 9.67. The molecule has 132 valence electrons. The van der Waals surface area contributed by atoms with Crippen molar-refractivity contribution in [3.8, 4) is 5.69 Å². The van der Waals surface area contributed by atoms with Crippen molar-refractivity contribution in [3.63, 3.8) is 0 Å². The largest absolute Gasteiger partial charge is 0.388 e. The van der Waals surface area contributed by atoms with Crippen LogP contribution >= 0.6 is 11.8 Å². The minimum absolute atomic E-state index is 0.0289. The topological polar surface area (TPSA) is 50.1 Å². The zero-order chi connectivity index (χ0) is 17.8. The molecule has 2 N–H and O–H groups in total. The number of nitrogens with one attached hydrogen (secondary N) is 1. The molecule has 0 saturated carbocycles. The van der Waals surface area contributed by atoms with Crippen molar-refractivity contribution in [2.75, 3.05) is 18.6 Å². The van der Waals surface area contributed by atoms with E-state index in [1.807, 2.05) is 36.1 Å². The zero-order valence-corrected chi connectivity index (χ0v) is 16.2. The van der Waals surface area contributed by atoms with Gasteiger partial charge in [-0.05, 0) is 25.3 Å². The van der Waals surface area contributed by atoms with Crippen LogP contribution in [-0.2, 0) is 12.0 Å². The van der Waals surface area contributed by atoms with Gasteiger partial charge in [-0.3, -0.25) is 0 Å². The maximum Gasteiger partial charge on any atom is 0.0833 e. The van der Waals surface area contributed by atoms with Gasteiger partial charge in [-0.1, -0.05) is 39.0 Å². The molecule has 0 aliphatic heterocycles. The molecule has 0 saturated heterocycles. The van der Waals surface area contributed by atoms with Crippen LogP contribution < -0.4 is 5.32 Å². The van der Waals surface area contributed by atoms with Gasteiger partial charge in [0.25, 0.3) is 0 Å². The standard InChI is InChI=1S/C19H29N3OS/c1-18(2,3)17-15(11-20-13-19(4,23)14-24-5)12-22(21-17)16-9-7-6-8-10-16/h6-10,12,20,23H,11,13-14H2,1-5H3. The Kier molecular flexibility index (Phi) is 6.12. The Balaban J connectivity index is 2.18. The van der Waals surface area contributed by atoms with Crippen LogP contribution in [0.3, 0.4) is 0 Å². The number of para-hydroxylation sites is 1. The summed E-state index contributed by atoms with van der Waals surface area (Å²) in [5, 5.41) is 18.5. The number of hydrogen-bond acceptors (Lipinski definition) is 4. The highest BCUT2D eigenvalue weighted by atomic mass is 32.2. The molecule has 0 amide bonds. The lowest BCUT2D eigenvalue weighted by molar-refractivity contribution is 0.0845. The first-order chi connectivity index (χ1) is 11.2. The van der Waals surface area contributed by atoms with Crippen molar-refractivity contribution >= 4 is 11.8 Å². The molecule has 0 aliphatic carbocycles. The van der Waals surface area contributed by atoms with Crippen molar-refractivity contribution in [1.82, 2.24) is 15.1 Å². The highest BCUT2D eigenvalue weighted by Crippen LogP contribution is 2.25. The van der Waals surface area contributed by atoms with Crippen LogP contribution in [-0.4, -0.2) is 39.0 Å². The highest BCUT2D eigenvalue weighted by Gasteiger charge is 2.24. The summed E-state index contributed by atoms with van der Waals surface area (Å²) in [6, 6.07) is 10.2. The van der Waals surface area contributed by atoms with E-state index in [-0.39, 0.29) is 5.41 Å². The van der Waals surface area contributed by atoms with Crippen LogP contribution in [0.1, 0.15) is 39.0 Å². The molecule has 0 bridgehead atoms. The van der Waals surface area contributed by atoms with Gasteiger partial charge in [-0.25, -0.2) is 4.68 Å². The first kappa shape index (κ1) is 19.0. The molecule has 1 aromatic carbocycles. The van der Waals surface area contributed by atoms with Gasteiger partial charge in [0.05, 0.1) is 17.0 Å². The van der Waals surface area contributed by atoms with Crippen molar-refractivity contribution in [2.24, 2.45) is 0 Å². The third-order valence-corrected chi connectivity index (χ3v) is 4.71. The van der Waals surface area contributed by atoms with Crippen molar-refractivity contribution < 1.29 is 5.11 Å². The summed E-state index contributed by atoms with van der Waals surface area (Å²) in [5.41, 5.74) is 2.59. The van der Waals surface area contributed by atoms with Gasteiger partial charge < -0.3 is 10.4 Å². The van der Waals surface area contributed by atoms with Gasteiger partial charge in [-0.15, -0.1) is 0 Å². The third kappa shape index (κ3) is 5.10. The number of benzene rings is 1. The first-order valence-corrected chi connectivity index (χ1v) is 9.69. The fraction of sp³-hybridized carbons (Fsp3) is 0.526. The molecule has 2 aromatic rings. The molecule has 24 heavy (non-hydrogen) atoms. The SMILES string of the molecule is CSCC(C)(O)CNCc1cn(-c2ccccc2)nc1C(C)(C)C. The fourth-order valence-electron chi connectivity index (χ4n) is 2.71. The fourth-order valence-corrected chi connectivity index (χ4v) is 3.44. The lowest BCUT2D eigenvalue weighted by Gasteiger charge is -2.23. The maximum absolute atomic E-state index is 10.3. The van der Waals surface area contributed by atoms with Crippen molar-refractivity contribution in [1.29, 1.82) is 0 Å². The van der Waals surface area contributed by atoms with Crippen molar-refractivity contribution in [3.05, 3.63) is 47.8 Å². The summed E-state index contributed by atoms with van der Waals surface area (Å²) >= 11 is 1.66. The average molecular weight is 348 g/mol. The van der Waals surface area contributed by atoms with E-state index in [2.05, 4.69) is 44.4 Å². The van der Waals surface area contributed by atoms with Gasteiger partial charge in [-0.2, -0.15) is 16.9 Å². The Hall–Kier alpha value is -1.30. The van der Waals surface area contributed by atoms with E-state index >= 15 is 0 Å². The highest BCUT2D eigenvalue weighted by molar-refractivity contribution is 7.98. The average Bonchev–Trinajstić information content (AvgIpc) is 2.92. The second-order valence-corrected chi connectivity index (χ2v) is 8.43. The van der Waals surface area contributed by atoms with Crippen LogP contribution in [0.5, 0.6) is 0 Å². The summed E-state index contributed by atoms with van der Waals surface area (Å²) in [6.07, 6.45) is 4.10. The molecular weight excluding hydrogens is 318 g/mol. The van der Waals surface area contributed by atoms with E-state index in [1.54, 1.807) is 11.8 Å². The van der Waals surface area contributed by atoms with E-state index in [0.717, 1.165) is 17.1 Å². The number of nitrogens with zero attached hydrogens (tertiary/aromatic N) is 2. The number of rotatable bonds is 7. The molecule has 0 fully saturated rings. The Labute approximate surface area is 149 Å². The smallest absolute Gasteiger partial charge is 0.0833 e. The normalized spacial score (nSPS) is 14.6. The molecule has 0 spiro atoms. The van der Waals surface area contributed by atoms with E-state index in [9.17, 15) is 5.11 Å². The zero-order valence-electron chi connectivity index (χ0n) is 15.3. The summed E-state index contributed by atoms with van der Waals surface area (Å²) in [7, 11) is 0. The second kappa shape index (κ2) is 7.72. The minimum Gasteiger partial charge on any atom is -0.388 e. The van der Waals surface area contributed by atoms with E-state index in [0.29, 0.717) is 13.1 Å². The van der Waals surface area contributed by atoms with Crippen LogP contribution in [0.25, 0.3) is 5.69 Å². The Morgan fingerprint density at radius 1 is 1.17 bits per heavy atom. The number of aliphatic hydroxyl groups is 1. The monoisotopic (exact) mass is 347 g/mol. The summed E-state index contributed by atoms with van der Waals surface area (Å²) in [5.74, 6) is 0.718. The summed E-state index contributed by atoms with van der Waals surface area (Å²) in [4.78, 5) is 0. The van der Waals surface area contributed by atoms with Gasteiger partial charge in [0.2, 0.25) is 0 Å². The van der Waals surface area contributed by atoms with Crippen LogP contribution in [0.15, 0.2) is 36.5 Å². The third-order valence-electron chi connectivity index (χ3n) is 3.80. The van der Waals surface area contributed by atoms with Gasteiger partial charge in [0, 0.05) is 36.0 Å². The predicted octanol–water partition coefficient (Wildman–Crippen LogP) is 3.37. The van der Waals surface area contributed by atoms with Crippen LogP contribution in [0, 0.1) is 0 Å². The Bertz CT molecular complexity index is 644. The molecule has 1 unspecified atom stereocenters. The number of thioether (sulfide) groups is 1. The predicted molar refractivity (Wildman–Crippen MR) is 103 cm³/mol.